The maximum absolute atomic E-state index is 11.6. The van der Waals surface area contributed by atoms with Crippen LogP contribution in [0.4, 0.5) is 5.69 Å². The van der Waals surface area contributed by atoms with Crippen LogP contribution in [-0.4, -0.2) is 18.5 Å². The van der Waals surface area contributed by atoms with Crippen LogP contribution in [-0.2, 0) is 4.79 Å². The van der Waals surface area contributed by atoms with Gasteiger partial charge in [-0.3, -0.25) is 4.79 Å². The van der Waals surface area contributed by atoms with Crippen molar-refractivity contribution in [2.75, 3.05) is 11.4 Å². The fourth-order valence-corrected chi connectivity index (χ4v) is 2.32. The number of carbonyl (C=O) groups excluding carboxylic acids is 1. The number of anilines is 1. The highest BCUT2D eigenvalue weighted by atomic mass is 79.9. The lowest BCUT2D eigenvalue weighted by Gasteiger charge is -2.18. The quantitative estimate of drug-likeness (QED) is 0.861. The molecular formula is C10H10BrClN2O. The zero-order valence-electron chi connectivity index (χ0n) is 7.91. The lowest BCUT2D eigenvalue weighted by molar-refractivity contribution is -0.117. The van der Waals surface area contributed by atoms with E-state index in [1.54, 1.807) is 11.0 Å². The molecule has 0 bridgehead atoms. The van der Waals surface area contributed by atoms with Crippen LogP contribution < -0.4 is 10.6 Å². The van der Waals surface area contributed by atoms with Crippen molar-refractivity contribution in [3.8, 4) is 0 Å². The topological polar surface area (TPSA) is 46.3 Å². The molecule has 1 fully saturated rings. The van der Waals surface area contributed by atoms with Crippen molar-refractivity contribution in [3.05, 3.63) is 27.7 Å². The summed E-state index contributed by atoms with van der Waals surface area (Å²) in [6.07, 6.45) is 0.402. The van der Waals surface area contributed by atoms with Gasteiger partial charge in [-0.2, -0.15) is 0 Å². The van der Waals surface area contributed by atoms with Crippen LogP contribution >= 0.6 is 27.5 Å². The summed E-state index contributed by atoms with van der Waals surface area (Å²) in [5.41, 5.74) is 6.52. The number of amides is 1. The Labute approximate surface area is 101 Å². The first-order valence-electron chi connectivity index (χ1n) is 4.59. The van der Waals surface area contributed by atoms with Gasteiger partial charge in [0.25, 0.3) is 0 Å². The summed E-state index contributed by atoms with van der Waals surface area (Å²) in [5, 5.41) is 0.598. The van der Waals surface area contributed by atoms with Gasteiger partial charge in [0, 0.05) is 19.0 Å². The summed E-state index contributed by atoms with van der Waals surface area (Å²) >= 11 is 9.33. The third kappa shape index (κ3) is 2.02. The molecule has 1 amide bonds. The van der Waals surface area contributed by atoms with Crippen molar-refractivity contribution in [3.63, 3.8) is 0 Å². The summed E-state index contributed by atoms with van der Waals surface area (Å²) in [4.78, 5) is 13.3. The van der Waals surface area contributed by atoms with Gasteiger partial charge in [-0.15, -0.1) is 0 Å². The molecule has 1 heterocycles. The second-order valence-electron chi connectivity index (χ2n) is 3.54. The first kappa shape index (κ1) is 10.9. The molecule has 0 aromatic heterocycles. The van der Waals surface area contributed by atoms with E-state index in [2.05, 4.69) is 15.9 Å². The van der Waals surface area contributed by atoms with Crippen LogP contribution in [0, 0.1) is 0 Å². The van der Waals surface area contributed by atoms with Gasteiger partial charge in [0.05, 0.1) is 15.2 Å². The van der Waals surface area contributed by atoms with Crippen molar-refractivity contribution in [1.29, 1.82) is 0 Å². The van der Waals surface area contributed by atoms with Gasteiger partial charge in [0.2, 0.25) is 5.91 Å². The number of hydrogen-bond acceptors (Lipinski definition) is 2. The first-order chi connectivity index (χ1) is 7.09. The monoisotopic (exact) mass is 288 g/mol. The van der Waals surface area contributed by atoms with E-state index in [1.165, 1.54) is 0 Å². The van der Waals surface area contributed by atoms with Crippen LogP contribution in [0.25, 0.3) is 0 Å². The molecule has 1 aromatic carbocycles. The van der Waals surface area contributed by atoms with E-state index < -0.39 is 0 Å². The average molecular weight is 290 g/mol. The molecule has 1 saturated heterocycles. The molecular weight excluding hydrogens is 279 g/mol. The Morgan fingerprint density at radius 2 is 2.27 bits per heavy atom. The molecule has 1 unspecified atom stereocenters. The predicted molar refractivity (Wildman–Crippen MR) is 64.1 cm³/mol. The average Bonchev–Trinajstić information content (AvgIpc) is 2.50. The molecule has 15 heavy (non-hydrogen) atoms. The van der Waals surface area contributed by atoms with Gasteiger partial charge in [-0.05, 0) is 28.1 Å². The predicted octanol–water partition coefficient (Wildman–Crippen LogP) is 2.17. The molecule has 1 aromatic rings. The van der Waals surface area contributed by atoms with Crippen LogP contribution in [0.15, 0.2) is 22.7 Å². The zero-order valence-corrected chi connectivity index (χ0v) is 10.3. The molecule has 2 rings (SSSR count). The Morgan fingerprint density at radius 1 is 1.53 bits per heavy atom. The van der Waals surface area contributed by atoms with E-state index in [-0.39, 0.29) is 11.9 Å². The molecule has 0 spiro atoms. The SMILES string of the molecule is NC1CC(=O)N(c2cccc(Cl)c2Br)C1. The molecule has 2 N–H and O–H groups in total. The third-order valence-electron chi connectivity index (χ3n) is 2.38. The maximum Gasteiger partial charge on any atom is 0.228 e. The largest absolute Gasteiger partial charge is 0.326 e. The minimum atomic E-state index is -0.0802. The highest BCUT2D eigenvalue weighted by Crippen LogP contribution is 2.34. The van der Waals surface area contributed by atoms with Crippen LogP contribution in [0.2, 0.25) is 5.02 Å². The Balaban J connectivity index is 2.38. The van der Waals surface area contributed by atoms with E-state index in [0.717, 1.165) is 10.2 Å². The molecule has 1 aliphatic rings. The molecule has 3 nitrogen and oxygen atoms in total. The summed E-state index contributed by atoms with van der Waals surface area (Å²) in [5.74, 6) is 0.0467. The number of hydrogen-bond donors (Lipinski definition) is 1. The van der Waals surface area contributed by atoms with Crippen LogP contribution in [0.3, 0.4) is 0 Å². The highest BCUT2D eigenvalue weighted by Gasteiger charge is 2.29. The summed E-state index contributed by atoms with van der Waals surface area (Å²) in [7, 11) is 0. The molecule has 0 radical (unpaired) electrons. The van der Waals surface area contributed by atoms with Crippen LogP contribution in [0.1, 0.15) is 6.42 Å². The Kier molecular flexibility index (Phi) is 3.00. The Bertz CT molecular complexity index is 410. The number of nitrogens with two attached hydrogens (primary N) is 1. The zero-order chi connectivity index (χ0) is 11.0. The number of benzene rings is 1. The minimum absolute atomic E-state index is 0.0467. The van der Waals surface area contributed by atoms with E-state index >= 15 is 0 Å². The van der Waals surface area contributed by atoms with Gasteiger partial charge in [-0.25, -0.2) is 0 Å². The van der Waals surface area contributed by atoms with Gasteiger partial charge in [0.1, 0.15) is 0 Å². The fourth-order valence-electron chi connectivity index (χ4n) is 1.67. The van der Waals surface area contributed by atoms with E-state index in [9.17, 15) is 4.79 Å². The number of carbonyl (C=O) groups is 1. The van der Waals surface area contributed by atoms with Crippen LogP contribution in [0.5, 0.6) is 0 Å². The molecule has 5 heteroatoms. The van der Waals surface area contributed by atoms with Crippen molar-refractivity contribution >= 4 is 39.1 Å². The number of halogens is 2. The van der Waals surface area contributed by atoms with Gasteiger partial charge in [0.15, 0.2) is 0 Å². The Hall–Kier alpha value is -0.580. The normalized spacial score (nSPS) is 21.1. The second-order valence-corrected chi connectivity index (χ2v) is 4.74. The van der Waals surface area contributed by atoms with Crippen molar-refractivity contribution in [2.24, 2.45) is 5.73 Å². The lowest BCUT2D eigenvalue weighted by atomic mass is 10.3. The van der Waals surface area contributed by atoms with Gasteiger partial charge < -0.3 is 10.6 Å². The van der Waals surface area contributed by atoms with Gasteiger partial charge >= 0.3 is 0 Å². The van der Waals surface area contributed by atoms with E-state index in [0.29, 0.717) is 18.0 Å². The lowest BCUT2D eigenvalue weighted by Crippen LogP contribution is -2.28. The Morgan fingerprint density at radius 3 is 2.87 bits per heavy atom. The summed E-state index contributed by atoms with van der Waals surface area (Å²) in [6.45, 7) is 0.553. The highest BCUT2D eigenvalue weighted by molar-refractivity contribution is 9.10. The van der Waals surface area contributed by atoms with Crippen molar-refractivity contribution in [1.82, 2.24) is 0 Å². The molecule has 1 aliphatic heterocycles. The number of rotatable bonds is 1. The van der Waals surface area contributed by atoms with E-state index in [4.69, 9.17) is 17.3 Å². The van der Waals surface area contributed by atoms with E-state index in [1.807, 2.05) is 12.1 Å². The van der Waals surface area contributed by atoms with Crippen molar-refractivity contribution < 1.29 is 4.79 Å². The second kappa shape index (κ2) is 4.12. The number of nitrogens with zero attached hydrogens (tertiary/aromatic N) is 1. The third-order valence-corrected chi connectivity index (χ3v) is 3.75. The van der Waals surface area contributed by atoms with Crippen molar-refractivity contribution in [2.45, 2.75) is 12.5 Å². The molecule has 1 atom stereocenters. The standard InChI is InChI=1S/C10H10BrClN2O/c11-10-7(12)2-1-3-8(10)14-5-6(13)4-9(14)15/h1-3,6H,4-5,13H2. The fraction of sp³-hybridized carbons (Fsp3) is 0.300. The van der Waals surface area contributed by atoms with Gasteiger partial charge in [-0.1, -0.05) is 17.7 Å². The summed E-state index contributed by atoms with van der Waals surface area (Å²) < 4.78 is 0.745. The maximum atomic E-state index is 11.6. The minimum Gasteiger partial charge on any atom is -0.326 e. The summed E-state index contributed by atoms with van der Waals surface area (Å²) in [6, 6.07) is 5.37. The first-order valence-corrected chi connectivity index (χ1v) is 5.76. The molecule has 80 valence electrons. The smallest absolute Gasteiger partial charge is 0.228 e. The molecule has 0 aliphatic carbocycles. The molecule has 0 saturated carbocycles.